The topological polar surface area (TPSA) is 74.6 Å². The van der Waals surface area contributed by atoms with E-state index in [0.29, 0.717) is 0 Å². The molecule has 0 aliphatic heterocycles. The summed E-state index contributed by atoms with van der Waals surface area (Å²) in [5.74, 6) is 0.102. The predicted octanol–water partition coefficient (Wildman–Crippen LogP) is 1.52. The van der Waals surface area contributed by atoms with Crippen molar-refractivity contribution in [3.63, 3.8) is 0 Å². The van der Waals surface area contributed by atoms with Crippen LogP contribution in [0.25, 0.3) is 0 Å². The molecule has 0 rings (SSSR count). The molecule has 0 aromatic carbocycles. The van der Waals surface area contributed by atoms with E-state index in [1.807, 2.05) is 13.8 Å². The highest BCUT2D eigenvalue weighted by atomic mass is 31.2. The van der Waals surface area contributed by atoms with Gasteiger partial charge in [0.1, 0.15) is 0 Å². The van der Waals surface area contributed by atoms with Crippen LogP contribution in [-0.2, 0) is 9.36 Å². The van der Waals surface area contributed by atoms with E-state index in [9.17, 15) is 9.36 Å². The van der Waals surface area contributed by atoms with Crippen LogP contribution in [0.1, 0.15) is 33.1 Å². The lowest BCUT2D eigenvalue weighted by Crippen LogP contribution is -2.07. The van der Waals surface area contributed by atoms with Crippen molar-refractivity contribution in [2.45, 2.75) is 33.1 Å². The third-order valence-electron chi connectivity index (χ3n) is 1.94. The molecule has 0 heterocycles. The standard InChI is InChI=1S/C7H15O4P/c1-3-6(4-2)5-7(8)12(9,10)11/h6H,3-5H2,1-2H3,(H2,9,10,11). The number of hydrogen-bond acceptors (Lipinski definition) is 2. The Labute approximate surface area is 72.1 Å². The van der Waals surface area contributed by atoms with E-state index in [-0.39, 0.29) is 12.3 Å². The highest BCUT2D eigenvalue weighted by Gasteiger charge is 2.26. The molecule has 0 aliphatic carbocycles. The summed E-state index contributed by atoms with van der Waals surface area (Å²) in [6.45, 7) is 3.81. The lowest BCUT2D eigenvalue weighted by molar-refractivity contribution is -0.114. The van der Waals surface area contributed by atoms with Crippen molar-refractivity contribution in [2.24, 2.45) is 5.92 Å². The average Bonchev–Trinajstić information content (AvgIpc) is 1.97. The van der Waals surface area contributed by atoms with Crippen molar-refractivity contribution in [1.82, 2.24) is 0 Å². The van der Waals surface area contributed by atoms with Gasteiger partial charge in [0.15, 0.2) is 0 Å². The molecule has 0 fully saturated rings. The Kier molecular flexibility index (Phi) is 4.68. The van der Waals surface area contributed by atoms with Gasteiger partial charge in [-0.1, -0.05) is 26.7 Å². The Morgan fingerprint density at radius 3 is 2.00 bits per heavy atom. The van der Waals surface area contributed by atoms with Crippen LogP contribution in [0.5, 0.6) is 0 Å². The van der Waals surface area contributed by atoms with Gasteiger partial charge in [-0.05, 0) is 5.92 Å². The molecule has 0 bridgehead atoms. The Bertz CT molecular complexity index is 192. The summed E-state index contributed by atoms with van der Waals surface area (Å²) in [5, 5.41) is 0. The molecule has 0 unspecified atom stereocenters. The van der Waals surface area contributed by atoms with Crippen molar-refractivity contribution in [3.05, 3.63) is 0 Å². The summed E-state index contributed by atoms with van der Waals surface area (Å²) in [5.41, 5.74) is -0.934. The summed E-state index contributed by atoms with van der Waals surface area (Å²) < 4.78 is 10.4. The zero-order chi connectivity index (χ0) is 9.78. The number of carbonyl (C=O) groups is 1. The molecule has 0 aromatic rings. The van der Waals surface area contributed by atoms with E-state index in [1.54, 1.807) is 0 Å². The lowest BCUT2D eigenvalue weighted by atomic mass is 10.0. The van der Waals surface area contributed by atoms with Gasteiger partial charge in [-0.25, -0.2) is 0 Å². The quantitative estimate of drug-likeness (QED) is 0.650. The van der Waals surface area contributed by atoms with Gasteiger partial charge in [0, 0.05) is 6.42 Å². The van der Waals surface area contributed by atoms with E-state index in [0.717, 1.165) is 12.8 Å². The SMILES string of the molecule is CCC(CC)CC(=O)P(=O)(O)O. The molecule has 0 amide bonds. The number of rotatable bonds is 5. The molecular weight excluding hydrogens is 179 g/mol. The third-order valence-corrected chi connectivity index (χ3v) is 2.78. The second kappa shape index (κ2) is 4.75. The van der Waals surface area contributed by atoms with Gasteiger partial charge >= 0.3 is 7.60 Å². The van der Waals surface area contributed by atoms with Gasteiger partial charge in [-0.15, -0.1) is 0 Å². The maximum atomic E-state index is 10.8. The maximum absolute atomic E-state index is 10.8. The van der Waals surface area contributed by atoms with Crippen LogP contribution < -0.4 is 0 Å². The second-order valence-electron chi connectivity index (χ2n) is 2.82. The second-order valence-corrected chi connectivity index (χ2v) is 4.41. The monoisotopic (exact) mass is 194 g/mol. The Hall–Kier alpha value is -0.180. The van der Waals surface area contributed by atoms with E-state index >= 15 is 0 Å². The fourth-order valence-electron chi connectivity index (χ4n) is 0.943. The van der Waals surface area contributed by atoms with Crippen molar-refractivity contribution in [2.75, 3.05) is 0 Å². The van der Waals surface area contributed by atoms with Crippen molar-refractivity contribution < 1.29 is 19.1 Å². The minimum atomic E-state index is -4.48. The first-order valence-electron chi connectivity index (χ1n) is 4.00. The molecule has 0 saturated heterocycles. The predicted molar refractivity (Wildman–Crippen MR) is 45.7 cm³/mol. The zero-order valence-corrected chi connectivity index (χ0v) is 8.25. The van der Waals surface area contributed by atoms with Gasteiger partial charge < -0.3 is 9.79 Å². The van der Waals surface area contributed by atoms with Gasteiger partial charge in [-0.2, -0.15) is 0 Å². The first kappa shape index (κ1) is 11.8. The lowest BCUT2D eigenvalue weighted by Gasteiger charge is -2.10. The van der Waals surface area contributed by atoms with E-state index in [2.05, 4.69) is 0 Å². The minimum Gasteiger partial charge on any atom is -0.319 e. The molecule has 0 aromatic heterocycles. The maximum Gasteiger partial charge on any atom is 0.391 e. The van der Waals surface area contributed by atoms with Crippen molar-refractivity contribution >= 4 is 13.1 Å². The average molecular weight is 194 g/mol. The third kappa shape index (κ3) is 4.00. The van der Waals surface area contributed by atoms with Crippen LogP contribution in [0.3, 0.4) is 0 Å². The van der Waals surface area contributed by atoms with Gasteiger partial charge in [0.05, 0.1) is 0 Å². The van der Waals surface area contributed by atoms with E-state index in [4.69, 9.17) is 9.79 Å². The van der Waals surface area contributed by atoms with E-state index in [1.165, 1.54) is 0 Å². The fourth-order valence-corrected chi connectivity index (χ4v) is 1.44. The van der Waals surface area contributed by atoms with Crippen LogP contribution in [0.15, 0.2) is 0 Å². The van der Waals surface area contributed by atoms with Gasteiger partial charge in [0.25, 0.3) is 0 Å². The Morgan fingerprint density at radius 1 is 1.33 bits per heavy atom. The summed E-state index contributed by atoms with van der Waals surface area (Å²) in [7, 11) is -4.48. The molecule has 12 heavy (non-hydrogen) atoms. The molecule has 4 nitrogen and oxygen atoms in total. The molecule has 0 atom stereocenters. The van der Waals surface area contributed by atoms with Crippen LogP contribution in [0.4, 0.5) is 0 Å². The molecule has 2 N–H and O–H groups in total. The van der Waals surface area contributed by atoms with Crippen LogP contribution in [0, 0.1) is 5.92 Å². The number of hydrogen-bond donors (Lipinski definition) is 2. The molecule has 0 spiro atoms. The largest absolute Gasteiger partial charge is 0.391 e. The molecular formula is C7H15O4P. The highest BCUT2D eigenvalue weighted by molar-refractivity contribution is 7.70. The van der Waals surface area contributed by atoms with Crippen molar-refractivity contribution in [1.29, 1.82) is 0 Å². The first-order chi connectivity index (χ1) is 5.41. The Morgan fingerprint density at radius 2 is 1.75 bits per heavy atom. The Balaban J connectivity index is 4.09. The van der Waals surface area contributed by atoms with Crippen LogP contribution in [0.2, 0.25) is 0 Å². The van der Waals surface area contributed by atoms with Gasteiger partial charge in [0.2, 0.25) is 5.52 Å². The summed E-state index contributed by atoms with van der Waals surface area (Å²) in [6, 6.07) is 0. The zero-order valence-electron chi connectivity index (χ0n) is 7.36. The minimum absolute atomic E-state index is 0.00270. The summed E-state index contributed by atoms with van der Waals surface area (Å²) in [6.07, 6.45) is 1.56. The molecule has 5 heteroatoms. The smallest absolute Gasteiger partial charge is 0.319 e. The highest BCUT2D eigenvalue weighted by Crippen LogP contribution is 2.38. The van der Waals surface area contributed by atoms with Gasteiger partial charge in [-0.3, -0.25) is 9.36 Å². The van der Waals surface area contributed by atoms with Crippen LogP contribution >= 0.6 is 7.60 Å². The first-order valence-corrected chi connectivity index (χ1v) is 5.62. The molecule has 72 valence electrons. The fraction of sp³-hybridized carbons (Fsp3) is 0.857. The summed E-state index contributed by atoms with van der Waals surface area (Å²) >= 11 is 0. The molecule has 0 radical (unpaired) electrons. The summed E-state index contributed by atoms with van der Waals surface area (Å²) in [4.78, 5) is 27.8. The van der Waals surface area contributed by atoms with Crippen molar-refractivity contribution in [3.8, 4) is 0 Å². The normalized spacial score (nSPS) is 12.1. The molecule has 0 aliphatic rings. The number of carbonyl (C=O) groups excluding carboxylic acids is 1. The molecule has 0 saturated carbocycles. The van der Waals surface area contributed by atoms with E-state index < -0.39 is 13.1 Å². The van der Waals surface area contributed by atoms with Crippen LogP contribution in [-0.4, -0.2) is 15.3 Å².